The Labute approximate surface area is 161 Å². The maximum atomic E-state index is 12.4. The Hall–Kier alpha value is -3.26. The molecule has 28 heavy (non-hydrogen) atoms. The van der Waals surface area contributed by atoms with E-state index in [-0.39, 0.29) is 22.2 Å². The molecule has 1 aromatic heterocycles. The van der Waals surface area contributed by atoms with Crippen LogP contribution in [-0.2, 0) is 15.6 Å². The van der Waals surface area contributed by atoms with Gasteiger partial charge < -0.3 is 19.2 Å². The zero-order chi connectivity index (χ0) is 19.6. The number of hydrogen-bond donors (Lipinski definition) is 1. The van der Waals surface area contributed by atoms with Crippen LogP contribution in [0.25, 0.3) is 0 Å². The molecule has 1 aliphatic rings. The molecule has 0 spiro atoms. The van der Waals surface area contributed by atoms with Gasteiger partial charge in [0.25, 0.3) is 5.91 Å². The highest BCUT2D eigenvalue weighted by Crippen LogP contribution is 2.32. The number of fused-ring (bicyclic) bond motifs is 1. The molecule has 0 fully saturated rings. The monoisotopic (exact) mass is 399 g/mol. The maximum Gasteiger partial charge on any atom is 0.291 e. The maximum absolute atomic E-state index is 12.4. The minimum Gasteiger partial charge on any atom is -0.486 e. The molecule has 2 aromatic carbocycles. The fourth-order valence-electron chi connectivity index (χ4n) is 2.79. The summed E-state index contributed by atoms with van der Waals surface area (Å²) in [6.07, 6.45) is 0. The normalized spacial score (nSPS) is 13.1. The van der Waals surface area contributed by atoms with Crippen LogP contribution >= 0.6 is 0 Å². The van der Waals surface area contributed by atoms with Crippen molar-refractivity contribution in [1.82, 2.24) is 0 Å². The summed E-state index contributed by atoms with van der Waals surface area (Å²) in [7, 11) is -3.55. The number of furan rings is 1. The first kappa shape index (κ1) is 18.1. The standard InChI is InChI=1S/C20H17NO6S/c22-20(21-14-6-8-17-19(12-14)26-11-10-25-17)18-9-7-15(27-18)13-28(23,24)16-4-2-1-3-5-16/h1-9,12H,10-11,13H2,(H,21,22). The first-order chi connectivity index (χ1) is 13.5. The highest BCUT2D eigenvalue weighted by molar-refractivity contribution is 7.90. The quantitative estimate of drug-likeness (QED) is 0.708. The average molecular weight is 399 g/mol. The van der Waals surface area contributed by atoms with Crippen molar-refractivity contribution in [3.63, 3.8) is 0 Å². The van der Waals surface area contributed by atoms with Crippen molar-refractivity contribution >= 4 is 21.4 Å². The molecule has 0 saturated heterocycles. The number of carbonyl (C=O) groups is 1. The van der Waals surface area contributed by atoms with Crippen LogP contribution < -0.4 is 14.8 Å². The van der Waals surface area contributed by atoms with Crippen LogP contribution in [0.4, 0.5) is 5.69 Å². The summed E-state index contributed by atoms with van der Waals surface area (Å²) < 4.78 is 41.2. The van der Waals surface area contributed by atoms with Crippen LogP contribution in [0.1, 0.15) is 16.3 Å². The Morgan fingerprint density at radius 1 is 0.929 bits per heavy atom. The minimum atomic E-state index is -3.55. The molecule has 4 rings (SSSR count). The number of anilines is 1. The van der Waals surface area contributed by atoms with E-state index in [4.69, 9.17) is 13.9 Å². The first-order valence-corrected chi connectivity index (χ1v) is 10.2. The van der Waals surface area contributed by atoms with Crippen molar-refractivity contribution in [1.29, 1.82) is 0 Å². The van der Waals surface area contributed by atoms with Gasteiger partial charge in [-0.2, -0.15) is 0 Å². The Balaban J connectivity index is 1.46. The van der Waals surface area contributed by atoms with Gasteiger partial charge in [-0.25, -0.2) is 8.42 Å². The SMILES string of the molecule is O=C(Nc1ccc2c(c1)OCCO2)c1ccc(CS(=O)(=O)c2ccccc2)o1. The van der Waals surface area contributed by atoms with Crippen LogP contribution in [0.2, 0.25) is 0 Å². The van der Waals surface area contributed by atoms with Gasteiger partial charge in [0, 0.05) is 11.8 Å². The zero-order valence-electron chi connectivity index (χ0n) is 14.8. The van der Waals surface area contributed by atoms with Crippen LogP contribution in [0.5, 0.6) is 11.5 Å². The topological polar surface area (TPSA) is 94.8 Å². The Kier molecular flexibility index (Phi) is 4.79. The number of benzene rings is 2. The second kappa shape index (κ2) is 7.40. The highest BCUT2D eigenvalue weighted by Gasteiger charge is 2.20. The molecule has 2 heterocycles. The van der Waals surface area contributed by atoms with E-state index in [0.717, 1.165) is 0 Å². The fraction of sp³-hybridized carbons (Fsp3) is 0.150. The molecule has 144 valence electrons. The van der Waals surface area contributed by atoms with Crippen LogP contribution in [0.3, 0.4) is 0 Å². The smallest absolute Gasteiger partial charge is 0.291 e. The number of carbonyl (C=O) groups excluding carboxylic acids is 1. The summed E-state index contributed by atoms with van der Waals surface area (Å²) in [5.41, 5.74) is 0.518. The molecular weight excluding hydrogens is 382 g/mol. The van der Waals surface area contributed by atoms with E-state index in [1.807, 2.05) is 0 Å². The van der Waals surface area contributed by atoms with E-state index in [1.54, 1.807) is 36.4 Å². The predicted molar refractivity (Wildman–Crippen MR) is 101 cm³/mol. The van der Waals surface area contributed by atoms with Crippen molar-refractivity contribution in [2.75, 3.05) is 18.5 Å². The van der Waals surface area contributed by atoms with E-state index in [0.29, 0.717) is 30.4 Å². The summed E-state index contributed by atoms with van der Waals surface area (Å²) in [6, 6.07) is 16.1. The van der Waals surface area contributed by atoms with E-state index < -0.39 is 15.7 Å². The van der Waals surface area contributed by atoms with Gasteiger partial charge in [0.2, 0.25) is 0 Å². The van der Waals surface area contributed by atoms with Gasteiger partial charge in [-0.05, 0) is 36.4 Å². The van der Waals surface area contributed by atoms with Crippen molar-refractivity contribution in [2.24, 2.45) is 0 Å². The zero-order valence-corrected chi connectivity index (χ0v) is 15.6. The van der Waals surface area contributed by atoms with Crippen molar-refractivity contribution in [3.05, 3.63) is 72.2 Å². The average Bonchev–Trinajstić information content (AvgIpc) is 3.16. The predicted octanol–water partition coefficient (Wildman–Crippen LogP) is 3.28. The van der Waals surface area contributed by atoms with Crippen LogP contribution in [0, 0.1) is 0 Å². The summed E-state index contributed by atoms with van der Waals surface area (Å²) in [4.78, 5) is 12.6. The van der Waals surface area contributed by atoms with Crippen LogP contribution in [-0.4, -0.2) is 27.5 Å². The summed E-state index contributed by atoms with van der Waals surface area (Å²) in [5.74, 6) is 0.576. The Morgan fingerprint density at radius 3 is 2.46 bits per heavy atom. The van der Waals surface area contributed by atoms with Gasteiger partial charge in [-0.15, -0.1) is 0 Å². The van der Waals surface area contributed by atoms with E-state index >= 15 is 0 Å². The number of nitrogens with one attached hydrogen (secondary N) is 1. The third kappa shape index (κ3) is 3.86. The molecule has 0 saturated carbocycles. The molecule has 8 heteroatoms. The largest absolute Gasteiger partial charge is 0.486 e. The number of sulfone groups is 1. The Bertz CT molecular complexity index is 1100. The van der Waals surface area contributed by atoms with E-state index in [1.165, 1.54) is 24.3 Å². The molecule has 0 bridgehead atoms. The minimum absolute atomic E-state index is 0.0214. The lowest BCUT2D eigenvalue weighted by atomic mass is 10.2. The Morgan fingerprint density at radius 2 is 1.68 bits per heavy atom. The lowest BCUT2D eigenvalue weighted by Gasteiger charge is -2.18. The molecule has 0 radical (unpaired) electrons. The van der Waals surface area contributed by atoms with Gasteiger partial charge in [0.15, 0.2) is 27.1 Å². The molecule has 1 N–H and O–H groups in total. The fourth-order valence-corrected chi connectivity index (χ4v) is 4.06. The lowest BCUT2D eigenvalue weighted by molar-refractivity contribution is 0.0995. The molecule has 7 nitrogen and oxygen atoms in total. The molecule has 0 aliphatic carbocycles. The molecule has 0 atom stereocenters. The van der Waals surface area contributed by atoms with E-state index in [9.17, 15) is 13.2 Å². The number of hydrogen-bond acceptors (Lipinski definition) is 6. The molecule has 1 aliphatic heterocycles. The van der Waals surface area contributed by atoms with E-state index in [2.05, 4.69) is 5.32 Å². The third-order valence-corrected chi connectivity index (χ3v) is 5.78. The van der Waals surface area contributed by atoms with Gasteiger partial charge in [-0.1, -0.05) is 18.2 Å². The van der Waals surface area contributed by atoms with Crippen LogP contribution in [0.15, 0.2) is 70.0 Å². The summed E-state index contributed by atoms with van der Waals surface area (Å²) in [6.45, 7) is 0.932. The number of amides is 1. The lowest BCUT2D eigenvalue weighted by Crippen LogP contribution is -2.16. The van der Waals surface area contributed by atoms with Gasteiger partial charge in [-0.3, -0.25) is 4.79 Å². The molecule has 3 aromatic rings. The second-order valence-electron chi connectivity index (χ2n) is 6.15. The van der Waals surface area contributed by atoms with Crippen molar-refractivity contribution < 1.29 is 27.1 Å². The van der Waals surface area contributed by atoms with Gasteiger partial charge in [0.1, 0.15) is 24.7 Å². The highest BCUT2D eigenvalue weighted by atomic mass is 32.2. The number of rotatable bonds is 5. The molecular formula is C20H17NO6S. The summed E-state index contributed by atoms with van der Waals surface area (Å²) in [5, 5.41) is 2.70. The van der Waals surface area contributed by atoms with Crippen molar-refractivity contribution in [2.45, 2.75) is 10.6 Å². The number of ether oxygens (including phenoxy) is 2. The van der Waals surface area contributed by atoms with Gasteiger partial charge >= 0.3 is 0 Å². The first-order valence-electron chi connectivity index (χ1n) is 8.59. The molecule has 0 unspecified atom stereocenters. The van der Waals surface area contributed by atoms with Gasteiger partial charge in [0.05, 0.1) is 4.90 Å². The second-order valence-corrected chi connectivity index (χ2v) is 8.14. The van der Waals surface area contributed by atoms with Crippen molar-refractivity contribution in [3.8, 4) is 11.5 Å². The third-order valence-electron chi connectivity index (χ3n) is 4.12. The molecule has 1 amide bonds. The summed E-state index contributed by atoms with van der Waals surface area (Å²) >= 11 is 0.